The second kappa shape index (κ2) is 7.89. The summed E-state index contributed by atoms with van der Waals surface area (Å²) in [5, 5.41) is 5.20. The number of aromatic nitrogens is 2. The third-order valence-corrected chi connectivity index (χ3v) is 5.12. The van der Waals surface area contributed by atoms with E-state index < -0.39 is 16.0 Å². The molecule has 0 saturated heterocycles. The maximum atomic E-state index is 12.2. The maximum Gasteiger partial charge on any atom is 0.338 e. The largest absolute Gasteiger partial charge is 0.454 e. The summed E-state index contributed by atoms with van der Waals surface area (Å²) in [5.74, 6) is 0.129. The van der Waals surface area contributed by atoms with E-state index in [2.05, 4.69) is 11.9 Å². The fourth-order valence-electron chi connectivity index (χ4n) is 2.80. The van der Waals surface area contributed by atoms with E-state index in [0.717, 1.165) is 18.4 Å². The third kappa shape index (κ3) is 4.35. The van der Waals surface area contributed by atoms with Crippen molar-refractivity contribution in [3.63, 3.8) is 0 Å². The van der Waals surface area contributed by atoms with Crippen LogP contribution in [0.2, 0.25) is 0 Å². The Hall–Kier alpha value is -2.71. The average Bonchev–Trinajstić information content (AvgIpc) is 3.01. The van der Waals surface area contributed by atoms with Gasteiger partial charge in [0, 0.05) is 6.54 Å². The van der Waals surface area contributed by atoms with Crippen LogP contribution < -0.4 is 5.14 Å². The van der Waals surface area contributed by atoms with Crippen LogP contribution in [0.25, 0.3) is 11.0 Å². The molecule has 0 aliphatic carbocycles. The van der Waals surface area contributed by atoms with Crippen LogP contribution in [0, 0.1) is 0 Å². The lowest BCUT2D eigenvalue weighted by atomic mass is 10.2. The van der Waals surface area contributed by atoms with E-state index in [-0.39, 0.29) is 11.5 Å². The number of esters is 1. The van der Waals surface area contributed by atoms with Crippen LogP contribution in [0.1, 0.15) is 35.9 Å². The van der Waals surface area contributed by atoms with E-state index >= 15 is 0 Å². The summed E-state index contributed by atoms with van der Waals surface area (Å²) in [5.41, 5.74) is 1.75. The number of imidazole rings is 1. The van der Waals surface area contributed by atoms with E-state index in [0.29, 0.717) is 23.4 Å². The summed E-state index contributed by atoms with van der Waals surface area (Å²) in [4.78, 5) is 16.7. The molecular formula is C19H21N3O4S. The summed E-state index contributed by atoms with van der Waals surface area (Å²) in [6.07, 6.45) is 1.90. The fourth-order valence-corrected chi connectivity index (χ4v) is 3.33. The number of aryl methyl sites for hydroxylation is 1. The molecule has 3 aromatic rings. The number of nitrogens with two attached hydrogens (primary N) is 1. The lowest BCUT2D eigenvalue weighted by Crippen LogP contribution is -2.12. The molecule has 2 N–H and O–H groups in total. The zero-order chi connectivity index (χ0) is 19.4. The van der Waals surface area contributed by atoms with Crippen molar-refractivity contribution in [3.05, 3.63) is 59.9 Å². The van der Waals surface area contributed by atoms with Crippen molar-refractivity contribution in [2.75, 3.05) is 0 Å². The first-order valence-electron chi connectivity index (χ1n) is 8.64. The highest BCUT2D eigenvalue weighted by molar-refractivity contribution is 7.89. The summed E-state index contributed by atoms with van der Waals surface area (Å²) in [6, 6.07) is 13.3. The van der Waals surface area contributed by atoms with Gasteiger partial charge < -0.3 is 9.30 Å². The van der Waals surface area contributed by atoms with Crippen molar-refractivity contribution < 1.29 is 17.9 Å². The first kappa shape index (κ1) is 19.1. The van der Waals surface area contributed by atoms with Gasteiger partial charge in [-0.05, 0) is 36.8 Å². The van der Waals surface area contributed by atoms with Crippen molar-refractivity contribution in [2.45, 2.75) is 37.8 Å². The Labute approximate surface area is 157 Å². The number of nitrogens with zero attached hydrogens (tertiary/aromatic N) is 2. The first-order valence-corrected chi connectivity index (χ1v) is 10.2. The number of sulfonamides is 1. The van der Waals surface area contributed by atoms with Gasteiger partial charge >= 0.3 is 5.97 Å². The Morgan fingerprint density at radius 1 is 1.19 bits per heavy atom. The molecule has 0 unspecified atom stereocenters. The normalized spacial score (nSPS) is 11.6. The molecule has 0 radical (unpaired) electrons. The van der Waals surface area contributed by atoms with Gasteiger partial charge in [0.1, 0.15) is 12.4 Å². The van der Waals surface area contributed by atoms with Crippen molar-refractivity contribution >= 4 is 27.0 Å². The fraction of sp³-hybridized carbons (Fsp3) is 0.263. The number of primary sulfonamides is 1. The highest BCUT2D eigenvalue weighted by Crippen LogP contribution is 2.21. The van der Waals surface area contributed by atoms with Gasteiger partial charge in [-0.1, -0.05) is 31.5 Å². The maximum absolute atomic E-state index is 12.2. The average molecular weight is 387 g/mol. The second-order valence-electron chi connectivity index (χ2n) is 6.17. The van der Waals surface area contributed by atoms with Crippen LogP contribution in [0.4, 0.5) is 0 Å². The Morgan fingerprint density at radius 2 is 1.93 bits per heavy atom. The SMILES string of the molecule is CCCCn1c(COC(=O)c2ccccc2)nc2cc(S(N)(=O)=O)ccc21. The molecule has 0 aliphatic rings. The molecule has 0 spiro atoms. The molecule has 142 valence electrons. The second-order valence-corrected chi connectivity index (χ2v) is 7.73. The van der Waals surface area contributed by atoms with Gasteiger partial charge in [0.15, 0.2) is 0 Å². The van der Waals surface area contributed by atoms with E-state index in [9.17, 15) is 13.2 Å². The number of benzene rings is 2. The number of carbonyl (C=O) groups is 1. The topological polar surface area (TPSA) is 104 Å². The predicted molar refractivity (Wildman–Crippen MR) is 102 cm³/mol. The summed E-state index contributed by atoms with van der Waals surface area (Å²) in [7, 11) is -3.81. The Morgan fingerprint density at radius 3 is 2.59 bits per heavy atom. The molecule has 0 saturated carbocycles. The van der Waals surface area contributed by atoms with Crippen molar-refractivity contribution in [2.24, 2.45) is 5.14 Å². The number of hydrogen-bond donors (Lipinski definition) is 1. The molecule has 0 aliphatic heterocycles. The van der Waals surface area contributed by atoms with Crippen LogP contribution in [-0.4, -0.2) is 23.9 Å². The lowest BCUT2D eigenvalue weighted by Gasteiger charge is -2.09. The van der Waals surface area contributed by atoms with Gasteiger partial charge in [-0.25, -0.2) is 23.3 Å². The van der Waals surface area contributed by atoms with E-state index in [1.807, 2.05) is 10.6 Å². The molecular weight excluding hydrogens is 366 g/mol. The quantitative estimate of drug-likeness (QED) is 0.628. The zero-order valence-corrected chi connectivity index (χ0v) is 15.8. The highest BCUT2D eigenvalue weighted by atomic mass is 32.2. The molecule has 8 heteroatoms. The molecule has 1 heterocycles. The summed E-state index contributed by atoms with van der Waals surface area (Å²) in [6.45, 7) is 2.77. The smallest absolute Gasteiger partial charge is 0.338 e. The molecule has 0 atom stereocenters. The molecule has 1 aromatic heterocycles. The molecule has 27 heavy (non-hydrogen) atoms. The predicted octanol–water partition coefficient (Wildman–Crippen LogP) is 2.84. The van der Waals surface area contributed by atoms with Crippen molar-refractivity contribution in [1.82, 2.24) is 9.55 Å². The minimum atomic E-state index is -3.81. The van der Waals surface area contributed by atoms with Crippen molar-refractivity contribution in [1.29, 1.82) is 0 Å². The number of unbranched alkanes of at least 4 members (excludes halogenated alkanes) is 1. The third-order valence-electron chi connectivity index (χ3n) is 4.20. The van der Waals surface area contributed by atoms with Crippen LogP contribution in [-0.2, 0) is 27.9 Å². The summed E-state index contributed by atoms with van der Waals surface area (Å²) >= 11 is 0. The molecule has 0 fully saturated rings. The first-order chi connectivity index (χ1) is 12.9. The van der Waals surface area contributed by atoms with E-state index in [1.54, 1.807) is 30.3 Å². The minimum Gasteiger partial charge on any atom is -0.454 e. The number of fused-ring (bicyclic) bond motifs is 1. The molecule has 0 amide bonds. The standard InChI is InChI=1S/C19H21N3O4S/c1-2-3-11-22-17-10-9-15(27(20,24)25)12-16(17)21-18(22)13-26-19(23)14-7-5-4-6-8-14/h4-10,12H,2-3,11,13H2,1H3,(H2,20,24,25). The number of rotatable bonds is 7. The Bertz CT molecular complexity index is 1060. The van der Waals surface area contributed by atoms with E-state index in [4.69, 9.17) is 9.88 Å². The highest BCUT2D eigenvalue weighted by Gasteiger charge is 2.16. The summed E-state index contributed by atoms with van der Waals surface area (Å²) < 4.78 is 30.5. The minimum absolute atomic E-state index is 0.00275. The zero-order valence-electron chi connectivity index (χ0n) is 15.0. The Balaban J connectivity index is 1.91. The van der Waals surface area contributed by atoms with Crippen LogP contribution in [0.3, 0.4) is 0 Å². The van der Waals surface area contributed by atoms with Gasteiger partial charge in [0.05, 0.1) is 21.5 Å². The lowest BCUT2D eigenvalue weighted by molar-refractivity contribution is 0.0458. The van der Waals surface area contributed by atoms with Gasteiger partial charge in [0.25, 0.3) is 0 Å². The molecule has 2 aromatic carbocycles. The number of hydrogen-bond acceptors (Lipinski definition) is 5. The van der Waals surface area contributed by atoms with E-state index in [1.165, 1.54) is 12.1 Å². The Kier molecular flexibility index (Phi) is 5.57. The van der Waals surface area contributed by atoms with Gasteiger partial charge in [-0.2, -0.15) is 0 Å². The van der Waals surface area contributed by atoms with Gasteiger partial charge in [-0.3, -0.25) is 0 Å². The van der Waals surface area contributed by atoms with Gasteiger partial charge in [-0.15, -0.1) is 0 Å². The van der Waals surface area contributed by atoms with Crippen LogP contribution >= 0.6 is 0 Å². The molecule has 7 nitrogen and oxygen atoms in total. The number of ether oxygens (including phenoxy) is 1. The number of carbonyl (C=O) groups excluding carboxylic acids is 1. The van der Waals surface area contributed by atoms with Crippen LogP contribution in [0.5, 0.6) is 0 Å². The van der Waals surface area contributed by atoms with Crippen LogP contribution in [0.15, 0.2) is 53.4 Å². The molecule has 0 bridgehead atoms. The van der Waals surface area contributed by atoms with Crippen molar-refractivity contribution in [3.8, 4) is 0 Å². The van der Waals surface area contributed by atoms with Gasteiger partial charge in [0.2, 0.25) is 10.0 Å². The molecule has 3 rings (SSSR count). The monoisotopic (exact) mass is 387 g/mol.